The molecule has 0 aliphatic carbocycles. The molecule has 0 saturated carbocycles. The predicted octanol–water partition coefficient (Wildman–Crippen LogP) is 5.67. The molecular formula is C19H25ClO2. The van der Waals surface area contributed by atoms with E-state index >= 15 is 0 Å². The topological polar surface area (TPSA) is 29.5 Å². The Morgan fingerprint density at radius 3 is 2.68 bits per heavy atom. The molecule has 0 aliphatic rings. The van der Waals surface area contributed by atoms with Crippen molar-refractivity contribution in [1.29, 1.82) is 0 Å². The predicted molar refractivity (Wildman–Crippen MR) is 94.3 cm³/mol. The summed E-state index contributed by atoms with van der Waals surface area (Å²) in [6, 6.07) is 9.52. The van der Waals surface area contributed by atoms with Gasteiger partial charge < -0.3 is 9.84 Å². The number of aryl methyl sites for hydroxylation is 1. The monoisotopic (exact) mass is 320 g/mol. The van der Waals surface area contributed by atoms with Gasteiger partial charge in [0.15, 0.2) is 0 Å². The van der Waals surface area contributed by atoms with E-state index in [9.17, 15) is 5.11 Å². The second-order valence-corrected chi connectivity index (χ2v) is 6.27. The number of hydrogen-bond acceptors (Lipinski definition) is 2. The van der Waals surface area contributed by atoms with Gasteiger partial charge in [-0.15, -0.1) is 11.6 Å². The van der Waals surface area contributed by atoms with Gasteiger partial charge in [0.2, 0.25) is 0 Å². The zero-order valence-corrected chi connectivity index (χ0v) is 14.2. The van der Waals surface area contributed by atoms with Crippen molar-refractivity contribution >= 4 is 22.4 Å². The van der Waals surface area contributed by atoms with Crippen molar-refractivity contribution in [3.05, 3.63) is 35.9 Å². The van der Waals surface area contributed by atoms with E-state index in [1.165, 1.54) is 5.56 Å². The Balaban J connectivity index is 2.00. The Bertz CT molecular complexity index is 610. The van der Waals surface area contributed by atoms with Crippen LogP contribution in [0.15, 0.2) is 30.3 Å². The van der Waals surface area contributed by atoms with Crippen LogP contribution in [0.5, 0.6) is 11.5 Å². The number of unbranched alkanes of at least 4 members (excludes halogenated alkanes) is 1. The molecule has 1 atom stereocenters. The van der Waals surface area contributed by atoms with Gasteiger partial charge >= 0.3 is 0 Å². The smallest absolute Gasteiger partial charge is 0.123 e. The first-order valence-electron chi connectivity index (χ1n) is 8.17. The van der Waals surface area contributed by atoms with Gasteiger partial charge in [0.25, 0.3) is 0 Å². The molecule has 2 aromatic rings. The lowest BCUT2D eigenvalue weighted by atomic mass is 10.0. The third-order valence-corrected chi connectivity index (χ3v) is 4.56. The number of hydrogen-bond donors (Lipinski definition) is 1. The van der Waals surface area contributed by atoms with Crippen LogP contribution >= 0.6 is 11.6 Å². The number of ether oxygens (including phenoxy) is 1. The van der Waals surface area contributed by atoms with Gasteiger partial charge in [-0.05, 0) is 61.1 Å². The average molecular weight is 321 g/mol. The zero-order chi connectivity index (χ0) is 15.9. The maximum Gasteiger partial charge on any atom is 0.123 e. The maximum atomic E-state index is 9.59. The molecule has 0 aromatic heterocycles. The lowest BCUT2D eigenvalue weighted by Crippen LogP contribution is -2.02. The van der Waals surface area contributed by atoms with E-state index < -0.39 is 0 Å². The van der Waals surface area contributed by atoms with Crippen LogP contribution in [0.2, 0.25) is 0 Å². The maximum absolute atomic E-state index is 9.59. The molecule has 1 unspecified atom stereocenters. The molecule has 0 bridgehead atoms. The lowest BCUT2D eigenvalue weighted by Gasteiger charge is -2.14. The minimum absolute atomic E-state index is 0.291. The largest absolute Gasteiger partial charge is 0.508 e. The number of rotatable bonds is 8. The van der Waals surface area contributed by atoms with E-state index in [-0.39, 0.29) is 0 Å². The van der Waals surface area contributed by atoms with Gasteiger partial charge in [-0.3, -0.25) is 0 Å². The molecule has 2 aromatic carbocycles. The van der Waals surface area contributed by atoms with Crippen LogP contribution in [0, 0.1) is 0 Å². The summed E-state index contributed by atoms with van der Waals surface area (Å²) in [4.78, 5) is 0. The van der Waals surface area contributed by atoms with E-state index in [1.54, 1.807) is 12.1 Å². The van der Waals surface area contributed by atoms with Crippen molar-refractivity contribution in [2.75, 3.05) is 6.61 Å². The third-order valence-electron chi connectivity index (χ3n) is 4.04. The van der Waals surface area contributed by atoms with Crippen LogP contribution in [0.4, 0.5) is 0 Å². The van der Waals surface area contributed by atoms with E-state index in [0.717, 1.165) is 55.2 Å². The fourth-order valence-corrected chi connectivity index (χ4v) is 2.87. The average Bonchev–Trinajstić information content (AvgIpc) is 2.53. The van der Waals surface area contributed by atoms with E-state index in [2.05, 4.69) is 13.8 Å². The number of phenols is 1. The highest BCUT2D eigenvalue weighted by Gasteiger charge is 2.08. The van der Waals surface area contributed by atoms with Gasteiger partial charge in [0, 0.05) is 10.9 Å². The van der Waals surface area contributed by atoms with Gasteiger partial charge in [-0.2, -0.15) is 0 Å². The fraction of sp³-hybridized carbons (Fsp3) is 0.474. The summed E-state index contributed by atoms with van der Waals surface area (Å²) >= 11 is 6.13. The third kappa shape index (κ3) is 4.30. The summed E-state index contributed by atoms with van der Waals surface area (Å²) in [5, 5.41) is 12.1. The first-order valence-corrected chi connectivity index (χ1v) is 8.60. The van der Waals surface area contributed by atoms with Gasteiger partial charge in [0.1, 0.15) is 11.5 Å². The normalized spacial score (nSPS) is 12.5. The number of phenolic OH excluding ortho intramolecular Hbond substituents is 1. The van der Waals surface area contributed by atoms with Gasteiger partial charge in [-0.1, -0.05) is 26.0 Å². The molecule has 0 heterocycles. The van der Waals surface area contributed by atoms with Crippen molar-refractivity contribution < 1.29 is 9.84 Å². The first-order chi connectivity index (χ1) is 10.7. The molecule has 0 amide bonds. The summed E-state index contributed by atoms with van der Waals surface area (Å²) in [6.45, 7) is 4.98. The Morgan fingerprint density at radius 2 is 1.95 bits per heavy atom. The van der Waals surface area contributed by atoms with Crippen molar-refractivity contribution in [3.63, 3.8) is 0 Å². The molecule has 3 heteroatoms. The van der Waals surface area contributed by atoms with Gasteiger partial charge in [0.05, 0.1) is 6.61 Å². The highest BCUT2D eigenvalue weighted by atomic mass is 35.5. The molecule has 0 saturated heterocycles. The second-order valence-electron chi connectivity index (χ2n) is 5.65. The van der Waals surface area contributed by atoms with Gasteiger partial charge in [-0.25, -0.2) is 0 Å². The molecule has 0 spiro atoms. The Hall–Kier alpha value is -1.41. The molecule has 0 fully saturated rings. The zero-order valence-electron chi connectivity index (χ0n) is 13.4. The number of halogens is 1. The minimum Gasteiger partial charge on any atom is -0.508 e. The molecule has 22 heavy (non-hydrogen) atoms. The van der Waals surface area contributed by atoms with Crippen LogP contribution in [0.3, 0.4) is 0 Å². The fourth-order valence-electron chi connectivity index (χ4n) is 2.72. The highest BCUT2D eigenvalue weighted by Crippen LogP contribution is 2.30. The Kier molecular flexibility index (Phi) is 6.38. The summed E-state index contributed by atoms with van der Waals surface area (Å²) in [5.41, 5.74) is 1.21. The van der Waals surface area contributed by atoms with Crippen LogP contribution in [0.1, 0.15) is 45.1 Å². The highest BCUT2D eigenvalue weighted by molar-refractivity contribution is 6.20. The van der Waals surface area contributed by atoms with Crippen LogP contribution in [-0.2, 0) is 6.42 Å². The van der Waals surface area contributed by atoms with Crippen molar-refractivity contribution in [1.82, 2.24) is 0 Å². The number of aromatic hydroxyl groups is 1. The molecular weight excluding hydrogens is 296 g/mol. The van der Waals surface area contributed by atoms with Crippen molar-refractivity contribution in [3.8, 4) is 11.5 Å². The molecule has 2 nitrogen and oxygen atoms in total. The number of alkyl halides is 1. The summed E-state index contributed by atoms with van der Waals surface area (Å²) in [6.07, 6.45) is 5.13. The van der Waals surface area contributed by atoms with Crippen molar-refractivity contribution in [2.24, 2.45) is 0 Å². The van der Waals surface area contributed by atoms with Crippen LogP contribution < -0.4 is 4.74 Å². The number of fused-ring (bicyclic) bond motifs is 1. The molecule has 2 rings (SSSR count). The number of benzene rings is 2. The standard InChI is InChI=1S/C19H25ClO2/c1-3-15(20)7-5-6-12-22-19-11-8-14-13-16(21)9-10-18(14)17(19)4-2/h8-11,13,15,21H,3-7,12H2,1-2H3. The lowest BCUT2D eigenvalue weighted by molar-refractivity contribution is 0.302. The SMILES string of the molecule is CCc1c(OCCCCC(Cl)CC)ccc2cc(O)ccc12. The van der Waals surface area contributed by atoms with E-state index in [1.807, 2.05) is 18.2 Å². The van der Waals surface area contributed by atoms with E-state index in [4.69, 9.17) is 16.3 Å². The molecule has 120 valence electrons. The van der Waals surface area contributed by atoms with Crippen LogP contribution in [0.25, 0.3) is 10.8 Å². The first kappa shape index (κ1) is 17.0. The molecule has 0 radical (unpaired) electrons. The summed E-state index contributed by atoms with van der Waals surface area (Å²) < 4.78 is 5.98. The van der Waals surface area contributed by atoms with E-state index in [0.29, 0.717) is 11.1 Å². The quantitative estimate of drug-likeness (QED) is 0.501. The Labute approximate surface area is 138 Å². The van der Waals surface area contributed by atoms with Crippen molar-refractivity contribution in [2.45, 2.75) is 51.3 Å². The van der Waals surface area contributed by atoms with Crippen LogP contribution in [-0.4, -0.2) is 17.1 Å². The summed E-state index contributed by atoms with van der Waals surface area (Å²) in [5.74, 6) is 1.26. The molecule has 1 N–H and O–H groups in total. The minimum atomic E-state index is 0.291. The summed E-state index contributed by atoms with van der Waals surface area (Å²) in [7, 11) is 0. The molecule has 0 aliphatic heterocycles. The Morgan fingerprint density at radius 1 is 1.14 bits per heavy atom. The second kappa shape index (κ2) is 8.28.